The number of nitrogens with one attached hydrogen (secondary N) is 1. The van der Waals surface area contributed by atoms with Crippen LogP contribution in [0.3, 0.4) is 0 Å². The average molecular weight is 371 g/mol. The summed E-state index contributed by atoms with van der Waals surface area (Å²) in [6, 6.07) is 9.03. The number of benzene rings is 1. The zero-order valence-corrected chi connectivity index (χ0v) is 16.3. The van der Waals surface area contributed by atoms with Gasteiger partial charge in [-0.2, -0.15) is 0 Å². The average Bonchev–Trinajstić information content (AvgIpc) is 3.58. The molecule has 0 radical (unpaired) electrons. The quantitative estimate of drug-likeness (QED) is 0.713. The van der Waals surface area contributed by atoms with Gasteiger partial charge < -0.3 is 9.88 Å². The summed E-state index contributed by atoms with van der Waals surface area (Å²) in [6.07, 6.45) is 5.90. The van der Waals surface area contributed by atoms with Crippen molar-refractivity contribution in [2.75, 3.05) is 5.75 Å². The van der Waals surface area contributed by atoms with Crippen molar-refractivity contribution in [3.05, 3.63) is 41.2 Å². The zero-order valence-electron chi connectivity index (χ0n) is 15.4. The first-order chi connectivity index (χ1) is 12.7. The second-order valence-corrected chi connectivity index (χ2v) is 8.33. The van der Waals surface area contributed by atoms with E-state index in [4.69, 9.17) is 0 Å². The third-order valence-electron chi connectivity index (χ3n) is 5.14. The Morgan fingerprint density at radius 2 is 1.96 bits per heavy atom. The third-order valence-corrected chi connectivity index (χ3v) is 6.09. The Kier molecular flexibility index (Phi) is 5.02. The van der Waals surface area contributed by atoms with E-state index in [2.05, 4.69) is 51.3 Å². The number of rotatable bonds is 8. The molecule has 5 nitrogen and oxygen atoms in total. The minimum Gasteiger partial charge on any atom is -0.349 e. The highest BCUT2D eigenvalue weighted by Crippen LogP contribution is 2.45. The zero-order chi connectivity index (χ0) is 18.1. The lowest BCUT2D eigenvalue weighted by atomic mass is 10.1. The van der Waals surface area contributed by atoms with E-state index in [1.54, 1.807) is 0 Å². The molecule has 2 saturated carbocycles. The SMILES string of the molecule is CCc1ccc(C(C)NC(=O)CSc2nnc(C3CC3)n2C2CC2)cc1. The summed E-state index contributed by atoms with van der Waals surface area (Å²) in [5.41, 5.74) is 2.45. The lowest BCUT2D eigenvalue weighted by Crippen LogP contribution is -2.28. The summed E-state index contributed by atoms with van der Waals surface area (Å²) in [6.45, 7) is 4.17. The smallest absolute Gasteiger partial charge is 0.230 e. The van der Waals surface area contributed by atoms with Gasteiger partial charge in [0.1, 0.15) is 5.82 Å². The van der Waals surface area contributed by atoms with Crippen LogP contribution in [0, 0.1) is 0 Å². The number of amides is 1. The van der Waals surface area contributed by atoms with Crippen LogP contribution < -0.4 is 5.32 Å². The molecule has 0 spiro atoms. The minimum absolute atomic E-state index is 0.0114. The summed E-state index contributed by atoms with van der Waals surface area (Å²) < 4.78 is 2.29. The van der Waals surface area contributed by atoms with Gasteiger partial charge in [-0.1, -0.05) is 43.0 Å². The van der Waals surface area contributed by atoms with Crippen molar-refractivity contribution in [2.45, 2.75) is 69.1 Å². The molecule has 2 aliphatic rings. The topological polar surface area (TPSA) is 59.8 Å². The van der Waals surface area contributed by atoms with Crippen LogP contribution in [0.5, 0.6) is 0 Å². The highest BCUT2D eigenvalue weighted by atomic mass is 32.2. The Morgan fingerprint density at radius 1 is 1.23 bits per heavy atom. The fourth-order valence-corrected chi connectivity index (χ4v) is 4.04. The van der Waals surface area contributed by atoms with Crippen molar-refractivity contribution in [3.63, 3.8) is 0 Å². The van der Waals surface area contributed by atoms with Crippen LogP contribution in [0.25, 0.3) is 0 Å². The predicted octanol–water partition coefficient (Wildman–Crippen LogP) is 4.02. The van der Waals surface area contributed by atoms with Crippen molar-refractivity contribution in [1.82, 2.24) is 20.1 Å². The molecule has 26 heavy (non-hydrogen) atoms. The minimum atomic E-state index is 0.0114. The largest absolute Gasteiger partial charge is 0.349 e. The molecule has 6 heteroatoms. The maximum atomic E-state index is 12.4. The van der Waals surface area contributed by atoms with Crippen LogP contribution in [-0.4, -0.2) is 26.4 Å². The van der Waals surface area contributed by atoms with E-state index in [-0.39, 0.29) is 11.9 Å². The van der Waals surface area contributed by atoms with Gasteiger partial charge in [-0.15, -0.1) is 10.2 Å². The van der Waals surface area contributed by atoms with E-state index in [0.717, 1.165) is 23.0 Å². The van der Waals surface area contributed by atoms with E-state index < -0.39 is 0 Å². The molecular weight excluding hydrogens is 344 g/mol. The van der Waals surface area contributed by atoms with Crippen molar-refractivity contribution >= 4 is 17.7 Å². The summed E-state index contributed by atoms with van der Waals surface area (Å²) in [4.78, 5) is 12.4. The van der Waals surface area contributed by atoms with Gasteiger partial charge in [-0.3, -0.25) is 4.79 Å². The van der Waals surface area contributed by atoms with Gasteiger partial charge in [0.15, 0.2) is 5.16 Å². The predicted molar refractivity (Wildman–Crippen MR) is 103 cm³/mol. The number of aromatic nitrogens is 3. The molecule has 2 aromatic rings. The second-order valence-electron chi connectivity index (χ2n) is 7.39. The van der Waals surface area contributed by atoms with Crippen LogP contribution in [0.2, 0.25) is 0 Å². The Hall–Kier alpha value is -1.82. The summed E-state index contributed by atoms with van der Waals surface area (Å²) in [7, 11) is 0. The molecule has 4 rings (SSSR count). The van der Waals surface area contributed by atoms with Crippen molar-refractivity contribution in [2.24, 2.45) is 0 Å². The molecule has 1 atom stereocenters. The number of thioether (sulfide) groups is 1. The maximum absolute atomic E-state index is 12.4. The maximum Gasteiger partial charge on any atom is 0.230 e. The normalized spacial score (nSPS) is 17.9. The van der Waals surface area contributed by atoms with Crippen LogP contribution in [0.15, 0.2) is 29.4 Å². The molecule has 1 amide bonds. The monoisotopic (exact) mass is 370 g/mol. The molecule has 1 unspecified atom stereocenters. The van der Waals surface area contributed by atoms with Crippen LogP contribution >= 0.6 is 11.8 Å². The van der Waals surface area contributed by atoms with Gasteiger partial charge in [0.2, 0.25) is 5.91 Å². The number of hydrogen-bond acceptors (Lipinski definition) is 4. The summed E-state index contributed by atoms with van der Waals surface area (Å²) >= 11 is 1.51. The third kappa shape index (κ3) is 3.95. The van der Waals surface area contributed by atoms with Gasteiger partial charge in [0, 0.05) is 12.0 Å². The molecule has 2 fully saturated rings. The number of carbonyl (C=O) groups is 1. The van der Waals surface area contributed by atoms with Crippen molar-refractivity contribution in [3.8, 4) is 0 Å². The molecule has 1 aromatic carbocycles. The molecule has 1 aromatic heterocycles. The molecule has 138 valence electrons. The van der Waals surface area contributed by atoms with Crippen molar-refractivity contribution in [1.29, 1.82) is 0 Å². The first kappa shape index (κ1) is 17.6. The highest BCUT2D eigenvalue weighted by molar-refractivity contribution is 7.99. The molecule has 0 bridgehead atoms. The van der Waals surface area contributed by atoms with Crippen LogP contribution in [0.1, 0.15) is 74.5 Å². The summed E-state index contributed by atoms with van der Waals surface area (Å²) in [5, 5.41) is 12.8. The molecule has 0 aliphatic heterocycles. The molecule has 1 heterocycles. The fraction of sp³-hybridized carbons (Fsp3) is 0.550. The van der Waals surface area contributed by atoms with E-state index in [0.29, 0.717) is 17.7 Å². The number of nitrogens with zero attached hydrogens (tertiary/aromatic N) is 3. The second kappa shape index (κ2) is 7.43. The molecular formula is C20H26N4OS. The Bertz CT molecular complexity index is 778. The highest BCUT2D eigenvalue weighted by Gasteiger charge is 2.36. The van der Waals surface area contributed by atoms with E-state index in [9.17, 15) is 4.79 Å². The molecule has 0 saturated heterocycles. The lowest BCUT2D eigenvalue weighted by molar-refractivity contribution is -0.119. The number of aryl methyl sites for hydroxylation is 1. The number of hydrogen-bond donors (Lipinski definition) is 1. The first-order valence-corrected chi connectivity index (χ1v) is 10.6. The summed E-state index contributed by atoms with van der Waals surface area (Å²) in [5.74, 6) is 2.16. The van der Waals surface area contributed by atoms with Gasteiger partial charge in [0.25, 0.3) is 0 Å². The van der Waals surface area contributed by atoms with Crippen LogP contribution in [-0.2, 0) is 11.2 Å². The Morgan fingerprint density at radius 3 is 2.58 bits per heavy atom. The van der Waals surface area contributed by atoms with Gasteiger partial charge in [-0.05, 0) is 50.2 Å². The first-order valence-electron chi connectivity index (χ1n) is 9.61. The van der Waals surface area contributed by atoms with E-state index in [1.165, 1.54) is 43.0 Å². The number of carbonyl (C=O) groups excluding carboxylic acids is 1. The Balaban J connectivity index is 1.34. The van der Waals surface area contributed by atoms with Gasteiger partial charge in [-0.25, -0.2) is 0 Å². The molecule has 2 aliphatic carbocycles. The molecule has 1 N–H and O–H groups in total. The van der Waals surface area contributed by atoms with Gasteiger partial charge >= 0.3 is 0 Å². The van der Waals surface area contributed by atoms with Gasteiger partial charge in [0.05, 0.1) is 11.8 Å². The Labute approximate surface area is 159 Å². The van der Waals surface area contributed by atoms with Crippen molar-refractivity contribution < 1.29 is 4.79 Å². The van der Waals surface area contributed by atoms with E-state index in [1.807, 2.05) is 6.92 Å². The lowest BCUT2D eigenvalue weighted by Gasteiger charge is -2.15. The van der Waals surface area contributed by atoms with Crippen LogP contribution in [0.4, 0.5) is 0 Å². The van der Waals surface area contributed by atoms with E-state index >= 15 is 0 Å². The fourth-order valence-electron chi connectivity index (χ4n) is 3.22. The standard InChI is InChI=1S/C20H26N4OS/c1-3-14-4-6-15(7-5-14)13(2)21-18(25)12-26-20-23-22-19(16-8-9-16)24(20)17-10-11-17/h4-7,13,16-17H,3,8-12H2,1-2H3,(H,21,25).